The molecule has 3 atom stereocenters. The molecule has 0 radical (unpaired) electrons. The van der Waals surface area contributed by atoms with Crippen LogP contribution in [0.5, 0.6) is 5.75 Å². The second-order valence-electron chi connectivity index (χ2n) is 11.1. The number of carbonyl (C=O) groups is 2. The lowest BCUT2D eigenvalue weighted by Gasteiger charge is -2.46. The van der Waals surface area contributed by atoms with Gasteiger partial charge in [0.05, 0.1) is 5.69 Å². The Morgan fingerprint density at radius 3 is 2.53 bits per heavy atom. The Hall–Kier alpha value is -3.82. The number of rotatable bonds is 2. The van der Waals surface area contributed by atoms with E-state index in [9.17, 15) is 9.59 Å². The first kappa shape index (κ1) is 25.8. The zero-order valence-corrected chi connectivity index (χ0v) is 22.6. The lowest BCUT2D eigenvalue weighted by molar-refractivity contribution is -0.122. The van der Waals surface area contributed by atoms with E-state index in [1.807, 2.05) is 58.6 Å². The van der Waals surface area contributed by atoms with Crippen molar-refractivity contribution < 1.29 is 23.5 Å². The highest BCUT2D eigenvalue weighted by atomic mass is 19.1. The Balaban J connectivity index is 1.59. The summed E-state index contributed by atoms with van der Waals surface area (Å²) in [6.45, 7) is 12.5. The summed E-state index contributed by atoms with van der Waals surface area (Å²) in [4.78, 5) is 31.2. The first-order valence-corrected chi connectivity index (χ1v) is 12.9. The van der Waals surface area contributed by atoms with E-state index < -0.39 is 11.6 Å². The molecule has 0 unspecified atom stereocenters. The predicted molar refractivity (Wildman–Crippen MR) is 144 cm³/mol. The van der Waals surface area contributed by atoms with E-state index in [1.54, 1.807) is 23.1 Å². The molecule has 2 aromatic carbocycles. The van der Waals surface area contributed by atoms with Crippen LogP contribution in [0.25, 0.3) is 11.1 Å². The monoisotopic (exact) mass is 523 g/mol. The van der Waals surface area contributed by atoms with Gasteiger partial charge in [0.1, 0.15) is 29.8 Å². The Morgan fingerprint density at radius 1 is 1.08 bits per heavy atom. The fourth-order valence-electron chi connectivity index (χ4n) is 5.23. The first-order valence-electron chi connectivity index (χ1n) is 12.9. The van der Waals surface area contributed by atoms with Crippen LogP contribution in [-0.4, -0.2) is 66.2 Å². The number of anilines is 2. The number of fused-ring (bicyclic) bond motifs is 3. The van der Waals surface area contributed by atoms with E-state index in [-0.39, 0.29) is 36.5 Å². The maximum atomic E-state index is 15.1. The minimum atomic E-state index is -0.593. The van der Waals surface area contributed by atoms with Crippen LogP contribution < -0.4 is 20.0 Å². The number of hydrogen-bond acceptors (Lipinski definition) is 7. The number of amidine groups is 1. The second-order valence-corrected chi connectivity index (χ2v) is 11.1. The number of piperazine rings is 1. The van der Waals surface area contributed by atoms with Gasteiger partial charge < -0.3 is 24.2 Å². The van der Waals surface area contributed by atoms with Crippen LogP contribution in [0.15, 0.2) is 41.5 Å². The normalized spacial score (nSPS) is 23.1. The summed E-state index contributed by atoms with van der Waals surface area (Å²) in [6, 6.07) is 9.71. The van der Waals surface area contributed by atoms with Crippen LogP contribution in [0.3, 0.4) is 0 Å². The molecule has 38 heavy (non-hydrogen) atoms. The highest BCUT2D eigenvalue weighted by molar-refractivity contribution is 6.10. The number of nitrogens with one attached hydrogen (secondary N) is 1. The van der Waals surface area contributed by atoms with Crippen molar-refractivity contribution in [3.63, 3.8) is 0 Å². The van der Waals surface area contributed by atoms with E-state index in [1.165, 1.54) is 6.07 Å². The molecular formula is C28H34FN5O4. The average molecular weight is 524 g/mol. The summed E-state index contributed by atoms with van der Waals surface area (Å²) in [5.41, 5.74) is 4.57. The molecule has 1 fully saturated rings. The average Bonchev–Trinajstić information content (AvgIpc) is 2.85. The Kier molecular flexibility index (Phi) is 6.44. The summed E-state index contributed by atoms with van der Waals surface area (Å²) in [5.74, 6) is 0.603. The highest BCUT2D eigenvalue weighted by Crippen LogP contribution is 2.45. The summed E-state index contributed by atoms with van der Waals surface area (Å²) in [5, 5.41) is 4.19. The molecule has 0 spiro atoms. The lowest BCUT2D eigenvalue weighted by Crippen LogP contribution is -2.59. The van der Waals surface area contributed by atoms with Gasteiger partial charge in [0, 0.05) is 42.0 Å². The van der Waals surface area contributed by atoms with E-state index in [0.717, 1.165) is 5.69 Å². The largest absolute Gasteiger partial charge is 0.483 e. The summed E-state index contributed by atoms with van der Waals surface area (Å²) >= 11 is 0. The molecule has 0 aliphatic carbocycles. The van der Waals surface area contributed by atoms with Crippen molar-refractivity contribution in [3.8, 4) is 16.9 Å². The molecule has 0 aromatic heterocycles. The standard InChI is InChI=1S/C28H34FN5O4/c1-16-14-33(27(36)38-28(4,5)6)17(2)13-32(16)22-12-23-24(11-20(22)19-9-7-8-10-21(19)29)37-15-25-30-31-26(35)18(3)34(23)25/h7-12,16-18H,13-15H2,1-6H3,(H,31,35)/t16-,17+,18+/m1/s1. The number of benzene rings is 2. The molecule has 2 amide bonds. The molecule has 1 saturated heterocycles. The van der Waals surface area contributed by atoms with Crippen LogP contribution in [0, 0.1) is 5.82 Å². The third kappa shape index (κ3) is 4.63. The molecule has 0 saturated carbocycles. The molecular weight excluding hydrogens is 489 g/mol. The number of hydrazone groups is 1. The van der Waals surface area contributed by atoms with Gasteiger partial charge in [0.25, 0.3) is 5.91 Å². The topological polar surface area (TPSA) is 86.7 Å². The van der Waals surface area contributed by atoms with Crippen molar-refractivity contribution in [1.29, 1.82) is 0 Å². The Morgan fingerprint density at radius 2 is 1.82 bits per heavy atom. The molecule has 3 heterocycles. The zero-order valence-electron chi connectivity index (χ0n) is 22.6. The molecule has 9 nitrogen and oxygen atoms in total. The number of carbonyl (C=O) groups excluding carboxylic acids is 2. The van der Waals surface area contributed by atoms with Crippen LogP contribution in [0.2, 0.25) is 0 Å². The van der Waals surface area contributed by atoms with Crippen molar-refractivity contribution >= 4 is 29.2 Å². The molecule has 2 aromatic rings. The number of hydrogen-bond donors (Lipinski definition) is 1. The van der Waals surface area contributed by atoms with Crippen molar-refractivity contribution in [2.75, 3.05) is 29.5 Å². The summed E-state index contributed by atoms with van der Waals surface area (Å²) in [7, 11) is 0. The SMILES string of the molecule is C[C@@H]1CN(C(=O)OC(C)(C)C)[C@@H](C)CN1c1cc2c(cc1-c1ccccc1F)OCC1=NNC(=O)[C@H](C)N12. The second kappa shape index (κ2) is 9.49. The smallest absolute Gasteiger partial charge is 0.410 e. The maximum Gasteiger partial charge on any atom is 0.410 e. The zero-order chi connectivity index (χ0) is 27.4. The van der Waals surface area contributed by atoms with Crippen LogP contribution in [-0.2, 0) is 9.53 Å². The fraction of sp³-hybridized carbons (Fsp3) is 0.464. The van der Waals surface area contributed by atoms with Gasteiger partial charge in [-0.15, -0.1) is 0 Å². The first-order chi connectivity index (χ1) is 17.9. The van der Waals surface area contributed by atoms with Crippen LogP contribution >= 0.6 is 0 Å². The van der Waals surface area contributed by atoms with Gasteiger partial charge in [-0.1, -0.05) is 18.2 Å². The molecule has 3 aliphatic heterocycles. The van der Waals surface area contributed by atoms with Gasteiger partial charge in [-0.05, 0) is 59.7 Å². The third-order valence-corrected chi connectivity index (χ3v) is 7.12. The van der Waals surface area contributed by atoms with Gasteiger partial charge in [0.2, 0.25) is 0 Å². The van der Waals surface area contributed by atoms with Crippen molar-refractivity contribution in [2.24, 2.45) is 5.10 Å². The minimum Gasteiger partial charge on any atom is -0.483 e. The lowest BCUT2D eigenvalue weighted by atomic mass is 9.97. The Bertz CT molecular complexity index is 1310. The van der Waals surface area contributed by atoms with E-state index >= 15 is 4.39 Å². The van der Waals surface area contributed by atoms with Crippen molar-refractivity contribution in [1.82, 2.24) is 10.3 Å². The molecule has 3 aliphatic rings. The minimum absolute atomic E-state index is 0.0954. The van der Waals surface area contributed by atoms with E-state index in [4.69, 9.17) is 9.47 Å². The predicted octanol–water partition coefficient (Wildman–Crippen LogP) is 4.36. The number of nitrogens with zero attached hydrogens (tertiary/aromatic N) is 4. The molecule has 202 valence electrons. The van der Waals surface area contributed by atoms with Crippen LogP contribution in [0.4, 0.5) is 20.6 Å². The number of halogens is 1. The van der Waals surface area contributed by atoms with Gasteiger partial charge in [-0.2, -0.15) is 5.10 Å². The molecule has 10 heteroatoms. The number of amides is 2. The molecule has 0 bridgehead atoms. The Labute approximate surface area is 222 Å². The van der Waals surface area contributed by atoms with Crippen molar-refractivity contribution in [3.05, 3.63) is 42.2 Å². The summed E-state index contributed by atoms with van der Waals surface area (Å²) in [6.07, 6.45) is -0.348. The van der Waals surface area contributed by atoms with Gasteiger partial charge in [0.15, 0.2) is 5.84 Å². The molecule has 5 rings (SSSR count). The molecule has 1 N–H and O–H groups in total. The van der Waals surface area contributed by atoms with Gasteiger partial charge in [-0.3, -0.25) is 4.79 Å². The maximum absolute atomic E-state index is 15.1. The summed E-state index contributed by atoms with van der Waals surface area (Å²) < 4.78 is 26.8. The number of ether oxygens (including phenoxy) is 2. The van der Waals surface area contributed by atoms with E-state index in [2.05, 4.69) is 15.4 Å². The fourth-order valence-corrected chi connectivity index (χ4v) is 5.23. The van der Waals surface area contributed by atoms with Gasteiger partial charge >= 0.3 is 6.09 Å². The van der Waals surface area contributed by atoms with Crippen molar-refractivity contribution in [2.45, 2.75) is 65.3 Å². The van der Waals surface area contributed by atoms with Crippen LogP contribution in [0.1, 0.15) is 41.5 Å². The third-order valence-electron chi connectivity index (χ3n) is 7.12. The quantitative estimate of drug-likeness (QED) is 0.630. The van der Waals surface area contributed by atoms with Gasteiger partial charge in [-0.25, -0.2) is 14.6 Å². The van der Waals surface area contributed by atoms with E-state index in [0.29, 0.717) is 41.5 Å². The highest BCUT2D eigenvalue weighted by Gasteiger charge is 2.39.